The Kier molecular flexibility index (Phi) is 5.86. The van der Waals surface area contributed by atoms with Crippen molar-refractivity contribution >= 4 is 11.6 Å². The van der Waals surface area contributed by atoms with E-state index >= 15 is 0 Å². The first-order valence-electron chi connectivity index (χ1n) is 6.57. The number of rotatable bonds is 6. The highest BCUT2D eigenvalue weighted by molar-refractivity contribution is 5.92. The minimum Gasteiger partial charge on any atom is -0.396 e. The summed E-state index contributed by atoms with van der Waals surface area (Å²) >= 11 is 0. The van der Waals surface area contributed by atoms with Crippen LogP contribution >= 0.6 is 0 Å². The number of hydrogen-bond acceptors (Lipinski definition) is 2. The van der Waals surface area contributed by atoms with E-state index in [0.717, 1.165) is 12.1 Å². The normalized spacial score (nSPS) is 12.2. The summed E-state index contributed by atoms with van der Waals surface area (Å²) in [6.07, 6.45) is 2.03. The van der Waals surface area contributed by atoms with Gasteiger partial charge in [0, 0.05) is 25.8 Å². The average molecular weight is 249 g/mol. The van der Waals surface area contributed by atoms with Crippen LogP contribution in [0.15, 0.2) is 24.3 Å². The summed E-state index contributed by atoms with van der Waals surface area (Å²) in [5.74, 6) is 0.592. The molecule has 3 heteroatoms. The number of amides is 1. The van der Waals surface area contributed by atoms with Crippen molar-refractivity contribution in [2.45, 2.75) is 39.0 Å². The van der Waals surface area contributed by atoms with Gasteiger partial charge >= 0.3 is 0 Å². The third kappa shape index (κ3) is 3.84. The summed E-state index contributed by atoms with van der Waals surface area (Å²) < 4.78 is 0. The molecule has 1 aromatic rings. The molecule has 0 aliphatic heterocycles. The van der Waals surface area contributed by atoms with E-state index in [9.17, 15) is 4.79 Å². The predicted molar refractivity (Wildman–Crippen MR) is 74.9 cm³/mol. The average Bonchev–Trinajstić information content (AvgIpc) is 2.43. The smallest absolute Gasteiger partial charge is 0.226 e. The molecular weight excluding hydrogens is 226 g/mol. The van der Waals surface area contributed by atoms with Gasteiger partial charge in [-0.3, -0.25) is 4.79 Å². The van der Waals surface area contributed by atoms with Crippen molar-refractivity contribution in [3.63, 3.8) is 0 Å². The van der Waals surface area contributed by atoms with E-state index in [0.29, 0.717) is 18.8 Å². The quantitative estimate of drug-likeness (QED) is 0.842. The maximum Gasteiger partial charge on any atom is 0.226 e. The molecule has 100 valence electrons. The molecule has 0 saturated carbocycles. The molecule has 0 saturated heterocycles. The molecule has 0 spiro atoms. The molecule has 0 fully saturated rings. The van der Waals surface area contributed by atoms with Crippen molar-refractivity contribution in [2.75, 3.05) is 18.6 Å². The third-order valence-electron chi connectivity index (χ3n) is 3.38. The van der Waals surface area contributed by atoms with Gasteiger partial charge in [0.2, 0.25) is 5.91 Å². The van der Waals surface area contributed by atoms with Crippen LogP contribution in [0, 0.1) is 0 Å². The van der Waals surface area contributed by atoms with Crippen LogP contribution in [0.1, 0.15) is 44.6 Å². The van der Waals surface area contributed by atoms with Crippen molar-refractivity contribution in [2.24, 2.45) is 0 Å². The van der Waals surface area contributed by atoms with Gasteiger partial charge in [-0.05, 0) is 36.5 Å². The Morgan fingerprint density at radius 3 is 2.44 bits per heavy atom. The zero-order valence-electron chi connectivity index (χ0n) is 11.5. The monoisotopic (exact) mass is 249 g/mol. The van der Waals surface area contributed by atoms with Crippen molar-refractivity contribution in [3.8, 4) is 0 Å². The number of nitrogens with zero attached hydrogens (tertiary/aromatic N) is 1. The lowest BCUT2D eigenvalue weighted by molar-refractivity contribution is -0.118. The number of aliphatic hydroxyl groups is 1. The molecule has 0 radical (unpaired) electrons. The van der Waals surface area contributed by atoms with Gasteiger partial charge in [0.15, 0.2) is 0 Å². The van der Waals surface area contributed by atoms with E-state index in [1.807, 2.05) is 12.1 Å². The molecular formula is C15H23NO2. The van der Waals surface area contributed by atoms with E-state index < -0.39 is 0 Å². The first-order chi connectivity index (χ1) is 8.60. The Morgan fingerprint density at radius 2 is 1.94 bits per heavy atom. The summed E-state index contributed by atoms with van der Waals surface area (Å²) in [5.41, 5.74) is 2.21. The molecule has 0 heterocycles. The molecule has 1 aromatic carbocycles. The molecule has 1 rings (SSSR count). The zero-order chi connectivity index (χ0) is 13.5. The summed E-state index contributed by atoms with van der Waals surface area (Å²) in [6, 6.07) is 8.13. The van der Waals surface area contributed by atoms with E-state index in [2.05, 4.69) is 26.0 Å². The number of carbonyl (C=O) groups is 1. The number of benzene rings is 1. The Hall–Kier alpha value is -1.35. The van der Waals surface area contributed by atoms with Crippen LogP contribution in [-0.4, -0.2) is 24.7 Å². The van der Waals surface area contributed by atoms with Gasteiger partial charge in [0.1, 0.15) is 0 Å². The Labute approximate surface area is 109 Å². The molecule has 3 nitrogen and oxygen atoms in total. The fourth-order valence-corrected chi connectivity index (χ4v) is 1.80. The molecule has 1 unspecified atom stereocenters. The minimum atomic E-state index is 0.0420. The Bertz CT molecular complexity index is 373. The molecule has 18 heavy (non-hydrogen) atoms. The standard InChI is InChI=1S/C15H23NO2/c1-4-12(2)13-7-9-14(10-8-13)16(3)15(18)6-5-11-17/h7-10,12,17H,4-6,11H2,1-3H3. The van der Waals surface area contributed by atoms with Crippen LogP contribution in [0.4, 0.5) is 5.69 Å². The van der Waals surface area contributed by atoms with Crippen molar-refractivity contribution in [3.05, 3.63) is 29.8 Å². The van der Waals surface area contributed by atoms with E-state index in [1.165, 1.54) is 5.56 Å². The van der Waals surface area contributed by atoms with E-state index in [1.54, 1.807) is 11.9 Å². The molecule has 1 amide bonds. The van der Waals surface area contributed by atoms with Gasteiger partial charge in [0.25, 0.3) is 0 Å². The van der Waals surface area contributed by atoms with E-state index in [-0.39, 0.29) is 12.5 Å². The number of hydrogen-bond donors (Lipinski definition) is 1. The lowest BCUT2D eigenvalue weighted by Crippen LogP contribution is -2.26. The van der Waals surface area contributed by atoms with E-state index in [4.69, 9.17) is 5.11 Å². The second kappa shape index (κ2) is 7.17. The van der Waals surface area contributed by atoms with Crippen LogP contribution in [0.25, 0.3) is 0 Å². The summed E-state index contributed by atoms with van der Waals surface area (Å²) in [7, 11) is 1.78. The lowest BCUT2D eigenvalue weighted by Gasteiger charge is -2.18. The molecule has 1 atom stereocenters. The number of carbonyl (C=O) groups excluding carboxylic acids is 1. The second-order valence-corrected chi connectivity index (χ2v) is 4.68. The lowest BCUT2D eigenvalue weighted by atomic mass is 9.98. The van der Waals surface area contributed by atoms with Crippen LogP contribution in [0.3, 0.4) is 0 Å². The van der Waals surface area contributed by atoms with Gasteiger partial charge in [-0.25, -0.2) is 0 Å². The number of anilines is 1. The highest BCUT2D eigenvalue weighted by atomic mass is 16.3. The SMILES string of the molecule is CCC(C)c1ccc(N(C)C(=O)CCCO)cc1. The van der Waals surface area contributed by atoms with Gasteiger partial charge in [-0.15, -0.1) is 0 Å². The Balaban J connectivity index is 2.69. The van der Waals surface area contributed by atoms with Gasteiger partial charge < -0.3 is 10.0 Å². The van der Waals surface area contributed by atoms with Gasteiger partial charge in [-0.2, -0.15) is 0 Å². The Morgan fingerprint density at radius 1 is 1.33 bits per heavy atom. The van der Waals surface area contributed by atoms with Crippen molar-refractivity contribution in [1.29, 1.82) is 0 Å². The predicted octanol–water partition coefficient (Wildman–Crippen LogP) is 2.94. The zero-order valence-corrected chi connectivity index (χ0v) is 11.5. The first kappa shape index (κ1) is 14.7. The first-order valence-corrected chi connectivity index (χ1v) is 6.57. The highest BCUT2D eigenvalue weighted by Crippen LogP contribution is 2.22. The fraction of sp³-hybridized carbons (Fsp3) is 0.533. The fourth-order valence-electron chi connectivity index (χ4n) is 1.80. The van der Waals surface area contributed by atoms with Crippen molar-refractivity contribution in [1.82, 2.24) is 0 Å². The van der Waals surface area contributed by atoms with Crippen LogP contribution in [0.2, 0.25) is 0 Å². The topological polar surface area (TPSA) is 40.5 Å². The summed E-state index contributed by atoms with van der Waals surface area (Å²) in [6.45, 7) is 4.43. The van der Waals surface area contributed by atoms with Crippen LogP contribution in [0.5, 0.6) is 0 Å². The van der Waals surface area contributed by atoms with Gasteiger partial charge in [0.05, 0.1) is 0 Å². The van der Waals surface area contributed by atoms with Crippen LogP contribution < -0.4 is 4.90 Å². The summed E-state index contributed by atoms with van der Waals surface area (Å²) in [5, 5.41) is 8.72. The van der Waals surface area contributed by atoms with Crippen LogP contribution in [-0.2, 0) is 4.79 Å². The molecule has 0 aromatic heterocycles. The maximum absolute atomic E-state index is 11.8. The molecule has 1 N–H and O–H groups in total. The molecule has 0 aliphatic carbocycles. The molecule has 0 bridgehead atoms. The van der Waals surface area contributed by atoms with Crippen molar-refractivity contribution < 1.29 is 9.90 Å². The molecule has 0 aliphatic rings. The third-order valence-corrected chi connectivity index (χ3v) is 3.38. The summed E-state index contributed by atoms with van der Waals surface area (Å²) in [4.78, 5) is 13.4. The number of aliphatic hydroxyl groups excluding tert-OH is 1. The second-order valence-electron chi connectivity index (χ2n) is 4.68. The minimum absolute atomic E-state index is 0.0420. The maximum atomic E-state index is 11.8. The largest absolute Gasteiger partial charge is 0.396 e. The van der Waals surface area contributed by atoms with Gasteiger partial charge in [-0.1, -0.05) is 26.0 Å². The highest BCUT2D eigenvalue weighted by Gasteiger charge is 2.10.